The lowest BCUT2D eigenvalue weighted by Gasteiger charge is -2.03. The maximum absolute atomic E-state index is 5.46. The summed E-state index contributed by atoms with van der Waals surface area (Å²) in [6, 6.07) is 0.416. The summed E-state index contributed by atoms with van der Waals surface area (Å²) in [6.07, 6.45) is 9.23. The van der Waals surface area contributed by atoms with Gasteiger partial charge in [0.1, 0.15) is 0 Å². The molecule has 0 aliphatic heterocycles. The van der Waals surface area contributed by atoms with Crippen molar-refractivity contribution in [2.75, 3.05) is 12.3 Å². The van der Waals surface area contributed by atoms with Gasteiger partial charge in [0, 0.05) is 0 Å². The molecule has 0 radical (unpaired) electrons. The minimum absolute atomic E-state index is 0.416. The second-order valence-corrected chi connectivity index (χ2v) is 3.56. The Morgan fingerprint density at radius 3 is 2.47 bits per heavy atom. The molecule has 1 aromatic heterocycles. The molecule has 4 nitrogen and oxygen atoms in total. The van der Waals surface area contributed by atoms with Gasteiger partial charge >= 0.3 is 6.01 Å². The van der Waals surface area contributed by atoms with E-state index in [1.54, 1.807) is 12.4 Å². The van der Waals surface area contributed by atoms with Crippen LogP contribution in [-0.2, 0) is 0 Å². The lowest BCUT2D eigenvalue weighted by atomic mass is 10.2. The number of anilines is 1. The molecule has 2 N–H and O–H groups in total. The van der Waals surface area contributed by atoms with E-state index in [0.29, 0.717) is 18.3 Å². The van der Waals surface area contributed by atoms with Crippen molar-refractivity contribution in [3.05, 3.63) is 12.4 Å². The zero-order chi connectivity index (χ0) is 10.9. The van der Waals surface area contributed by atoms with Gasteiger partial charge in [-0.05, 0) is 6.42 Å². The molecule has 0 saturated carbocycles. The molecular formula is C11H19N3O. The van der Waals surface area contributed by atoms with E-state index in [9.17, 15) is 0 Å². The van der Waals surface area contributed by atoms with Crippen molar-refractivity contribution in [1.82, 2.24) is 9.97 Å². The number of hydrogen-bond donors (Lipinski definition) is 1. The Morgan fingerprint density at radius 2 is 1.80 bits per heavy atom. The van der Waals surface area contributed by atoms with E-state index < -0.39 is 0 Å². The molecule has 0 saturated heterocycles. The average molecular weight is 209 g/mol. The van der Waals surface area contributed by atoms with Gasteiger partial charge < -0.3 is 10.5 Å². The van der Waals surface area contributed by atoms with Crippen molar-refractivity contribution in [2.24, 2.45) is 0 Å². The smallest absolute Gasteiger partial charge is 0.316 e. The fraction of sp³-hybridized carbons (Fsp3) is 0.636. The number of ether oxygens (including phenoxy) is 1. The first kappa shape index (κ1) is 11.8. The number of hydrogen-bond acceptors (Lipinski definition) is 4. The molecule has 0 aliphatic rings. The highest BCUT2D eigenvalue weighted by molar-refractivity contribution is 5.30. The van der Waals surface area contributed by atoms with Crippen LogP contribution in [0.15, 0.2) is 12.4 Å². The number of nitrogens with two attached hydrogens (primary N) is 1. The van der Waals surface area contributed by atoms with Crippen LogP contribution in [-0.4, -0.2) is 16.6 Å². The van der Waals surface area contributed by atoms with E-state index in [4.69, 9.17) is 10.5 Å². The Kier molecular flexibility index (Phi) is 5.51. The average Bonchev–Trinajstić information content (AvgIpc) is 2.26. The molecule has 0 atom stereocenters. The Hall–Kier alpha value is -1.32. The molecule has 1 heterocycles. The van der Waals surface area contributed by atoms with Crippen LogP contribution in [0.5, 0.6) is 6.01 Å². The number of rotatable bonds is 7. The van der Waals surface area contributed by atoms with Crippen LogP contribution in [0, 0.1) is 0 Å². The van der Waals surface area contributed by atoms with Crippen molar-refractivity contribution in [2.45, 2.75) is 39.0 Å². The molecule has 0 unspecified atom stereocenters. The highest BCUT2D eigenvalue weighted by Gasteiger charge is 1.96. The number of nitrogens with zero attached hydrogens (tertiary/aromatic N) is 2. The van der Waals surface area contributed by atoms with Crippen LogP contribution in [0.2, 0.25) is 0 Å². The highest BCUT2D eigenvalue weighted by atomic mass is 16.5. The SMILES string of the molecule is CCCCCCCOc1ncc(N)cn1. The third-order valence-corrected chi connectivity index (χ3v) is 2.13. The molecule has 1 aromatic rings. The van der Waals surface area contributed by atoms with Crippen molar-refractivity contribution >= 4 is 5.69 Å². The second kappa shape index (κ2) is 7.04. The van der Waals surface area contributed by atoms with Crippen LogP contribution in [0.3, 0.4) is 0 Å². The van der Waals surface area contributed by atoms with Gasteiger partial charge in [-0.15, -0.1) is 0 Å². The van der Waals surface area contributed by atoms with Gasteiger partial charge in [0.15, 0.2) is 0 Å². The Balaban J connectivity index is 2.07. The van der Waals surface area contributed by atoms with Crippen molar-refractivity contribution in [1.29, 1.82) is 0 Å². The first-order valence-corrected chi connectivity index (χ1v) is 5.53. The van der Waals surface area contributed by atoms with E-state index >= 15 is 0 Å². The summed E-state index contributed by atoms with van der Waals surface area (Å²) in [6.45, 7) is 2.90. The summed E-state index contributed by atoms with van der Waals surface area (Å²) in [5.74, 6) is 0. The zero-order valence-corrected chi connectivity index (χ0v) is 9.28. The minimum atomic E-state index is 0.416. The molecule has 84 valence electrons. The zero-order valence-electron chi connectivity index (χ0n) is 9.28. The minimum Gasteiger partial charge on any atom is -0.463 e. The van der Waals surface area contributed by atoms with Gasteiger partial charge in [-0.2, -0.15) is 0 Å². The third kappa shape index (κ3) is 5.20. The van der Waals surface area contributed by atoms with Crippen molar-refractivity contribution < 1.29 is 4.74 Å². The molecule has 0 amide bonds. The number of aromatic nitrogens is 2. The van der Waals surface area contributed by atoms with Crippen LogP contribution in [0.1, 0.15) is 39.0 Å². The second-order valence-electron chi connectivity index (χ2n) is 3.56. The third-order valence-electron chi connectivity index (χ3n) is 2.13. The normalized spacial score (nSPS) is 10.2. The molecule has 1 rings (SSSR count). The van der Waals surface area contributed by atoms with Crippen LogP contribution in [0.4, 0.5) is 5.69 Å². The highest BCUT2D eigenvalue weighted by Crippen LogP contribution is 2.06. The van der Waals surface area contributed by atoms with E-state index in [0.717, 1.165) is 6.42 Å². The van der Waals surface area contributed by atoms with Crippen molar-refractivity contribution in [3.63, 3.8) is 0 Å². The largest absolute Gasteiger partial charge is 0.463 e. The maximum Gasteiger partial charge on any atom is 0.316 e. The lowest BCUT2D eigenvalue weighted by molar-refractivity contribution is 0.281. The summed E-state index contributed by atoms with van der Waals surface area (Å²) in [5, 5.41) is 0. The van der Waals surface area contributed by atoms with Gasteiger partial charge in [-0.25, -0.2) is 9.97 Å². The summed E-state index contributed by atoms with van der Waals surface area (Å²) in [4.78, 5) is 7.91. The summed E-state index contributed by atoms with van der Waals surface area (Å²) >= 11 is 0. The monoisotopic (exact) mass is 209 g/mol. The number of unbranched alkanes of at least 4 members (excludes halogenated alkanes) is 4. The lowest BCUT2D eigenvalue weighted by Crippen LogP contribution is -2.01. The summed E-state index contributed by atoms with van der Waals surface area (Å²) < 4.78 is 5.36. The molecule has 0 spiro atoms. The standard InChI is InChI=1S/C11H19N3O/c1-2-3-4-5-6-7-15-11-13-8-10(12)9-14-11/h8-9H,2-7,12H2,1H3. The fourth-order valence-corrected chi connectivity index (χ4v) is 1.27. The van der Waals surface area contributed by atoms with Crippen molar-refractivity contribution in [3.8, 4) is 6.01 Å². The van der Waals surface area contributed by atoms with Gasteiger partial charge in [0.25, 0.3) is 0 Å². The van der Waals surface area contributed by atoms with E-state index in [2.05, 4.69) is 16.9 Å². The van der Waals surface area contributed by atoms with Crippen LogP contribution < -0.4 is 10.5 Å². The maximum atomic E-state index is 5.46. The van der Waals surface area contributed by atoms with E-state index in [1.807, 2.05) is 0 Å². The molecule has 4 heteroatoms. The Bertz CT molecular complexity index is 261. The molecule has 0 aliphatic carbocycles. The van der Waals surface area contributed by atoms with E-state index in [-0.39, 0.29) is 0 Å². The molecule has 0 aromatic carbocycles. The summed E-state index contributed by atoms with van der Waals surface area (Å²) in [7, 11) is 0. The Morgan fingerprint density at radius 1 is 1.13 bits per heavy atom. The Labute approximate surface area is 90.9 Å². The molecule has 0 bridgehead atoms. The first-order valence-electron chi connectivity index (χ1n) is 5.53. The summed E-state index contributed by atoms with van der Waals surface area (Å²) in [5.41, 5.74) is 6.02. The van der Waals surface area contributed by atoms with Crippen LogP contribution >= 0.6 is 0 Å². The van der Waals surface area contributed by atoms with Gasteiger partial charge in [-0.1, -0.05) is 32.6 Å². The molecule has 15 heavy (non-hydrogen) atoms. The molecular weight excluding hydrogens is 190 g/mol. The predicted octanol–water partition coefficient (Wildman–Crippen LogP) is 2.41. The first-order chi connectivity index (χ1) is 7.33. The van der Waals surface area contributed by atoms with Gasteiger partial charge in [-0.3, -0.25) is 0 Å². The molecule has 0 fully saturated rings. The van der Waals surface area contributed by atoms with E-state index in [1.165, 1.54) is 25.7 Å². The predicted molar refractivity (Wildman–Crippen MR) is 60.7 cm³/mol. The number of nitrogen functional groups attached to an aromatic ring is 1. The van der Waals surface area contributed by atoms with Gasteiger partial charge in [0.2, 0.25) is 0 Å². The fourth-order valence-electron chi connectivity index (χ4n) is 1.27. The topological polar surface area (TPSA) is 61.0 Å². The quantitative estimate of drug-likeness (QED) is 0.700. The van der Waals surface area contributed by atoms with Gasteiger partial charge in [0.05, 0.1) is 24.7 Å². The van der Waals surface area contributed by atoms with Crippen LogP contribution in [0.25, 0.3) is 0 Å².